The molecule has 1 unspecified atom stereocenters. The van der Waals surface area contributed by atoms with Crippen LogP contribution < -0.4 is 10.1 Å². The Bertz CT molecular complexity index is 598. The average molecular weight is 316 g/mol. The van der Waals surface area contributed by atoms with Crippen LogP contribution in [0.25, 0.3) is 0 Å². The highest BCUT2D eigenvalue weighted by Gasteiger charge is 2.35. The molecule has 0 aliphatic rings. The normalized spacial score (nSPS) is 13.2. The number of aromatic nitrogens is 1. The van der Waals surface area contributed by atoms with Gasteiger partial charge in [-0.05, 0) is 18.7 Å². The molecule has 0 radical (unpaired) electrons. The summed E-state index contributed by atoms with van der Waals surface area (Å²) in [5.74, 6) is 0.635. The van der Waals surface area contributed by atoms with Gasteiger partial charge < -0.3 is 10.1 Å². The molecule has 1 N–H and O–H groups in total. The number of hydrogen-bond acceptors (Lipinski definition) is 4. The van der Waals surface area contributed by atoms with Crippen LogP contribution in [0.15, 0.2) is 29.9 Å². The number of rotatable bonds is 5. The molecule has 0 saturated carbocycles. The Hall–Kier alpha value is -1.60. The van der Waals surface area contributed by atoms with Crippen molar-refractivity contribution in [3.05, 3.63) is 45.9 Å². The fourth-order valence-electron chi connectivity index (χ4n) is 2.06. The minimum Gasteiger partial charge on any atom is -0.496 e. The quantitative estimate of drug-likeness (QED) is 0.909. The molecule has 0 fully saturated rings. The Morgan fingerprint density at radius 2 is 2.19 bits per heavy atom. The molecule has 0 saturated heterocycles. The third-order valence-corrected chi connectivity index (χ3v) is 3.97. The number of ether oxygens (including phenoxy) is 1. The molecule has 0 amide bonds. The van der Waals surface area contributed by atoms with Crippen LogP contribution in [-0.2, 0) is 6.18 Å². The molecule has 2 aromatic rings. The van der Waals surface area contributed by atoms with Crippen molar-refractivity contribution in [1.82, 2.24) is 10.3 Å². The summed E-state index contributed by atoms with van der Waals surface area (Å²) in [4.78, 5) is 4.60. The first-order chi connectivity index (χ1) is 9.97. The van der Waals surface area contributed by atoms with E-state index in [9.17, 15) is 13.2 Å². The molecule has 2 heterocycles. The Labute approximate surface area is 124 Å². The van der Waals surface area contributed by atoms with Crippen molar-refractivity contribution in [2.75, 3.05) is 13.7 Å². The van der Waals surface area contributed by atoms with E-state index in [0.717, 1.165) is 17.1 Å². The van der Waals surface area contributed by atoms with Crippen molar-refractivity contribution in [3.63, 3.8) is 0 Å². The zero-order chi connectivity index (χ0) is 15.5. The van der Waals surface area contributed by atoms with Crippen molar-refractivity contribution in [2.45, 2.75) is 19.1 Å². The Morgan fingerprint density at radius 1 is 1.43 bits per heavy atom. The van der Waals surface area contributed by atoms with Gasteiger partial charge >= 0.3 is 6.18 Å². The first-order valence-corrected chi connectivity index (χ1v) is 7.22. The van der Waals surface area contributed by atoms with Crippen molar-refractivity contribution >= 4 is 11.3 Å². The summed E-state index contributed by atoms with van der Waals surface area (Å²) in [7, 11) is 1.53. The van der Waals surface area contributed by atoms with E-state index < -0.39 is 17.8 Å². The SMILES string of the molecule is CCNC(c1cc(OC)cs1)c1cnccc1C(F)(F)F. The Morgan fingerprint density at radius 3 is 2.76 bits per heavy atom. The van der Waals surface area contributed by atoms with E-state index in [1.54, 1.807) is 11.4 Å². The van der Waals surface area contributed by atoms with Crippen LogP contribution in [0.2, 0.25) is 0 Å². The minimum absolute atomic E-state index is 0.122. The maximum Gasteiger partial charge on any atom is 0.416 e. The molecule has 0 aromatic carbocycles. The van der Waals surface area contributed by atoms with Crippen LogP contribution in [0.4, 0.5) is 13.2 Å². The molecule has 2 rings (SSSR count). The van der Waals surface area contributed by atoms with Gasteiger partial charge in [-0.2, -0.15) is 13.2 Å². The molecule has 2 aromatic heterocycles. The second-order valence-electron chi connectivity index (χ2n) is 4.34. The molecular formula is C14H15F3N2OS. The van der Waals surface area contributed by atoms with Crippen LogP contribution in [0, 0.1) is 0 Å². The topological polar surface area (TPSA) is 34.1 Å². The second-order valence-corrected chi connectivity index (χ2v) is 5.28. The van der Waals surface area contributed by atoms with Gasteiger partial charge in [0.05, 0.1) is 18.7 Å². The van der Waals surface area contributed by atoms with Crippen LogP contribution >= 0.6 is 11.3 Å². The zero-order valence-electron chi connectivity index (χ0n) is 11.6. The number of nitrogens with one attached hydrogen (secondary N) is 1. The van der Waals surface area contributed by atoms with Gasteiger partial charge in [0, 0.05) is 28.2 Å². The van der Waals surface area contributed by atoms with Crippen LogP contribution in [-0.4, -0.2) is 18.6 Å². The molecule has 7 heteroatoms. The van der Waals surface area contributed by atoms with E-state index in [1.165, 1.54) is 24.6 Å². The molecule has 0 aliphatic heterocycles. The summed E-state index contributed by atoms with van der Waals surface area (Å²) in [5, 5.41) is 4.85. The standard InChI is InChI=1S/C14H15F3N2OS/c1-3-19-13(12-6-9(20-2)8-21-12)10-7-18-5-4-11(10)14(15,16)17/h4-8,13,19H,3H2,1-2H3. The fraction of sp³-hybridized carbons (Fsp3) is 0.357. The van der Waals surface area contributed by atoms with Gasteiger partial charge in [0.2, 0.25) is 0 Å². The number of thiophene rings is 1. The lowest BCUT2D eigenvalue weighted by molar-refractivity contribution is -0.138. The molecule has 0 aliphatic carbocycles. The lowest BCUT2D eigenvalue weighted by Crippen LogP contribution is -2.24. The van der Waals surface area contributed by atoms with Crippen molar-refractivity contribution < 1.29 is 17.9 Å². The first-order valence-electron chi connectivity index (χ1n) is 6.34. The summed E-state index contributed by atoms with van der Waals surface area (Å²) in [6.45, 7) is 2.39. The highest BCUT2D eigenvalue weighted by Crippen LogP contribution is 2.38. The van der Waals surface area contributed by atoms with Gasteiger partial charge in [0.1, 0.15) is 5.75 Å². The van der Waals surface area contributed by atoms with Gasteiger partial charge in [0.25, 0.3) is 0 Å². The molecule has 3 nitrogen and oxygen atoms in total. The van der Waals surface area contributed by atoms with Crippen LogP contribution in [0.3, 0.4) is 0 Å². The molecule has 21 heavy (non-hydrogen) atoms. The second kappa shape index (κ2) is 6.44. The first kappa shape index (κ1) is 15.8. The van der Waals surface area contributed by atoms with E-state index in [0.29, 0.717) is 12.3 Å². The molecule has 114 valence electrons. The highest BCUT2D eigenvalue weighted by molar-refractivity contribution is 7.10. The van der Waals surface area contributed by atoms with E-state index in [4.69, 9.17) is 4.74 Å². The Balaban J connectivity index is 2.48. The zero-order valence-corrected chi connectivity index (χ0v) is 12.4. The molecule has 1 atom stereocenters. The molecular weight excluding hydrogens is 301 g/mol. The van der Waals surface area contributed by atoms with E-state index in [2.05, 4.69) is 10.3 Å². The lowest BCUT2D eigenvalue weighted by Gasteiger charge is -2.21. The van der Waals surface area contributed by atoms with Gasteiger partial charge in [0.15, 0.2) is 0 Å². The summed E-state index contributed by atoms with van der Waals surface area (Å²) in [5.41, 5.74) is -0.549. The number of alkyl halides is 3. The summed E-state index contributed by atoms with van der Waals surface area (Å²) >= 11 is 1.35. The monoisotopic (exact) mass is 316 g/mol. The third-order valence-electron chi connectivity index (χ3n) is 2.99. The summed E-state index contributed by atoms with van der Waals surface area (Å²) < 4.78 is 44.6. The largest absolute Gasteiger partial charge is 0.496 e. The van der Waals surface area contributed by atoms with E-state index in [-0.39, 0.29) is 5.56 Å². The lowest BCUT2D eigenvalue weighted by atomic mass is 10.0. The van der Waals surface area contributed by atoms with Gasteiger partial charge in [-0.3, -0.25) is 4.98 Å². The summed E-state index contributed by atoms with van der Waals surface area (Å²) in [6, 6.07) is 2.18. The minimum atomic E-state index is -4.41. The number of hydrogen-bond donors (Lipinski definition) is 1. The van der Waals surface area contributed by atoms with Gasteiger partial charge in [-0.25, -0.2) is 0 Å². The third kappa shape index (κ3) is 3.54. The average Bonchev–Trinajstić information content (AvgIpc) is 2.92. The van der Waals surface area contributed by atoms with E-state index >= 15 is 0 Å². The van der Waals surface area contributed by atoms with Crippen LogP contribution in [0.5, 0.6) is 5.75 Å². The van der Waals surface area contributed by atoms with Crippen molar-refractivity contribution in [2.24, 2.45) is 0 Å². The fourth-order valence-corrected chi connectivity index (χ4v) is 3.00. The predicted molar refractivity (Wildman–Crippen MR) is 75.6 cm³/mol. The number of nitrogens with zero attached hydrogens (tertiary/aromatic N) is 1. The molecule has 0 spiro atoms. The molecule has 0 bridgehead atoms. The number of methoxy groups -OCH3 is 1. The smallest absolute Gasteiger partial charge is 0.416 e. The summed E-state index contributed by atoms with van der Waals surface area (Å²) in [6.07, 6.45) is -1.99. The van der Waals surface area contributed by atoms with Gasteiger partial charge in [-0.15, -0.1) is 11.3 Å². The maximum absolute atomic E-state index is 13.2. The van der Waals surface area contributed by atoms with E-state index in [1.807, 2.05) is 6.92 Å². The van der Waals surface area contributed by atoms with Crippen molar-refractivity contribution in [3.8, 4) is 5.75 Å². The predicted octanol–water partition coefficient (Wildman–Crippen LogP) is 3.87. The number of pyridine rings is 1. The Kier molecular flexibility index (Phi) is 4.84. The highest BCUT2D eigenvalue weighted by atomic mass is 32.1. The van der Waals surface area contributed by atoms with Crippen molar-refractivity contribution in [1.29, 1.82) is 0 Å². The van der Waals surface area contributed by atoms with Crippen LogP contribution in [0.1, 0.15) is 29.0 Å². The number of halogens is 3. The maximum atomic E-state index is 13.2. The van der Waals surface area contributed by atoms with Gasteiger partial charge in [-0.1, -0.05) is 6.92 Å².